The van der Waals surface area contributed by atoms with Crippen molar-refractivity contribution < 1.29 is 13.2 Å². The minimum Gasteiger partial charge on any atom is -0.340 e. The van der Waals surface area contributed by atoms with E-state index in [1.165, 1.54) is 0 Å². The largest absolute Gasteiger partial charge is 0.340 e. The Balaban J connectivity index is 1.96. The maximum Gasteiger partial charge on any atom is 0.224 e. The second-order valence-electron chi connectivity index (χ2n) is 5.14. The van der Waals surface area contributed by atoms with E-state index in [4.69, 9.17) is 5.14 Å². The summed E-state index contributed by atoms with van der Waals surface area (Å²) in [5, 5.41) is 4.39. The molecule has 0 bridgehead atoms. The van der Waals surface area contributed by atoms with Gasteiger partial charge in [0.2, 0.25) is 15.9 Å². The fourth-order valence-corrected chi connectivity index (χ4v) is 3.67. The van der Waals surface area contributed by atoms with Crippen LogP contribution in [0.4, 0.5) is 0 Å². The molecule has 2 rings (SSSR count). The molecule has 0 spiro atoms. The molecule has 18 heavy (non-hydrogen) atoms. The third-order valence-corrected chi connectivity index (χ3v) is 5.22. The molecule has 0 aliphatic carbocycles. The molecule has 6 nitrogen and oxygen atoms in total. The minimum atomic E-state index is -3.60. The third-order valence-electron chi connectivity index (χ3n) is 3.98. The van der Waals surface area contributed by atoms with Crippen LogP contribution in [0.25, 0.3) is 0 Å². The average Bonchev–Trinajstić information content (AvgIpc) is 2.86. The Morgan fingerprint density at radius 2 is 2.17 bits per heavy atom. The summed E-state index contributed by atoms with van der Waals surface area (Å²) < 4.78 is 22.5. The number of rotatable bonds is 4. The van der Waals surface area contributed by atoms with Crippen molar-refractivity contribution in [1.29, 1.82) is 0 Å². The van der Waals surface area contributed by atoms with Gasteiger partial charge in [0.15, 0.2) is 0 Å². The molecule has 0 aromatic rings. The van der Waals surface area contributed by atoms with E-state index in [-0.39, 0.29) is 18.9 Å². The Kier molecular flexibility index (Phi) is 3.93. The van der Waals surface area contributed by atoms with E-state index in [1.54, 1.807) is 4.90 Å². The Hall–Kier alpha value is -0.660. The van der Waals surface area contributed by atoms with Gasteiger partial charge in [0, 0.05) is 25.6 Å². The maximum absolute atomic E-state index is 11.8. The molecule has 0 radical (unpaired) electrons. The van der Waals surface area contributed by atoms with E-state index >= 15 is 0 Å². The molecule has 7 heteroatoms. The van der Waals surface area contributed by atoms with Crippen molar-refractivity contribution in [3.63, 3.8) is 0 Å². The maximum atomic E-state index is 11.8. The zero-order valence-electron chi connectivity index (χ0n) is 10.7. The predicted octanol–water partition coefficient (Wildman–Crippen LogP) is -0.640. The van der Waals surface area contributed by atoms with Gasteiger partial charge in [-0.1, -0.05) is 6.92 Å². The molecule has 2 fully saturated rings. The molecule has 0 aromatic carbocycles. The summed E-state index contributed by atoms with van der Waals surface area (Å²) in [6, 6.07) is 0.373. The second kappa shape index (κ2) is 5.14. The molecule has 2 aliphatic heterocycles. The number of hydrogen-bond acceptors (Lipinski definition) is 4. The molecule has 104 valence electrons. The van der Waals surface area contributed by atoms with Gasteiger partial charge >= 0.3 is 0 Å². The molecule has 2 atom stereocenters. The Morgan fingerprint density at radius 3 is 2.72 bits per heavy atom. The van der Waals surface area contributed by atoms with Crippen LogP contribution in [-0.4, -0.2) is 61.6 Å². The van der Waals surface area contributed by atoms with Crippen molar-refractivity contribution >= 4 is 15.9 Å². The van der Waals surface area contributed by atoms with Crippen LogP contribution in [-0.2, 0) is 14.8 Å². The molecule has 0 aromatic heterocycles. The van der Waals surface area contributed by atoms with Gasteiger partial charge in [0.25, 0.3) is 0 Å². The summed E-state index contributed by atoms with van der Waals surface area (Å²) in [4.78, 5) is 15.8. The number of likely N-dealkylation sites (tertiary alicyclic amines) is 2. The summed E-state index contributed by atoms with van der Waals surface area (Å²) >= 11 is 0. The van der Waals surface area contributed by atoms with Crippen molar-refractivity contribution in [2.24, 2.45) is 5.14 Å². The number of sulfonamides is 1. The van der Waals surface area contributed by atoms with Gasteiger partial charge in [-0.15, -0.1) is 0 Å². The van der Waals surface area contributed by atoms with E-state index in [9.17, 15) is 13.2 Å². The first kappa shape index (κ1) is 13.8. The highest BCUT2D eigenvalue weighted by Crippen LogP contribution is 2.22. The Bertz CT molecular complexity index is 423. The summed E-state index contributed by atoms with van der Waals surface area (Å²) in [5.41, 5.74) is 0. The van der Waals surface area contributed by atoms with E-state index in [0.717, 1.165) is 25.9 Å². The van der Waals surface area contributed by atoms with Crippen LogP contribution in [0.2, 0.25) is 0 Å². The first-order valence-electron chi connectivity index (χ1n) is 6.45. The lowest BCUT2D eigenvalue weighted by Gasteiger charge is -2.27. The van der Waals surface area contributed by atoms with E-state index < -0.39 is 15.3 Å². The first-order valence-corrected chi connectivity index (χ1v) is 8.06. The van der Waals surface area contributed by atoms with E-state index in [2.05, 4.69) is 11.8 Å². The number of hydrogen-bond donors (Lipinski definition) is 1. The lowest BCUT2D eigenvalue weighted by Crippen LogP contribution is -2.41. The number of carbonyl (C=O) groups excluding carboxylic acids is 1. The van der Waals surface area contributed by atoms with Gasteiger partial charge in [-0.05, 0) is 25.9 Å². The van der Waals surface area contributed by atoms with Gasteiger partial charge in [0.1, 0.15) is 5.25 Å². The van der Waals surface area contributed by atoms with Crippen LogP contribution in [0, 0.1) is 0 Å². The third kappa shape index (κ3) is 2.84. The molecule has 2 aliphatic rings. The highest BCUT2D eigenvalue weighted by molar-refractivity contribution is 7.89. The minimum absolute atomic E-state index is 0.0394. The van der Waals surface area contributed by atoms with E-state index in [0.29, 0.717) is 12.6 Å². The summed E-state index contributed by atoms with van der Waals surface area (Å²) in [7, 11) is -3.60. The second-order valence-corrected chi connectivity index (χ2v) is 6.98. The quantitative estimate of drug-likeness (QED) is 0.740. The van der Waals surface area contributed by atoms with Crippen molar-refractivity contribution in [3.8, 4) is 0 Å². The van der Waals surface area contributed by atoms with Gasteiger partial charge in [-0.2, -0.15) is 0 Å². The van der Waals surface area contributed by atoms with Crippen LogP contribution in [0.5, 0.6) is 0 Å². The first-order chi connectivity index (χ1) is 8.41. The highest BCUT2D eigenvalue weighted by atomic mass is 32.2. The molecule has 2 heterocycles. The molecule has 2 unspecified atom stereocenters. The summed E-state index contributed by atoms with van der Waals surface area (Å²) in [6.07, 6.45) is 2.27. The fourth-order valence-electron chi connectivity index (χ4n) is 2.91. The standard InChI is InChI=1S/C11H21N3O3S/c1-2-13-5-3-4-9(13)7-14-8-10(6-11(14)15)18(12,16)17/h9-10H,2-8H2,1H3,(H2,12,16,17). The topological polar surface area (TPSA) is 83.7 Å². The normalized spacial score (nSPS) is 30.3. The molecular weight excluding hydrogens is 254 g/mol. The van der Waals surface area contributed by atoms with Crippen LogP contribution in [0.3, 0.4) is 0 Å². The van der Waals surface area contributed by atoms with Gasteiger partial charge in [0.05, 0.1) is 0 Å². The molecule has 0 saturated carbocycles. The van der Waals surface area contributed by atoms with Crippen LogP contribution < -0.4 is 5.14 Å². The van der Waals surface area contributed by atoms with Crippen molar-refractivity contribution in [2.45, 2.75) is 37.5 Å². The number of nitrogens with zero attached hydrogens (tertiary/aromatic N) is 2. The van der Waals surface area contributed by atoms with Crippen molar-refractivity contribution in [2.75, 3.05) is 26.2 Å². The SMILES string of the molecule is CCN1CCCC1CN1CC(S(N)(=O)=O)CC1=O. The molecular formula is C11H21N3O3S. The smallest absolute Gasteiger partial charge is 0.224 e. The number of nitrogens with two attached hydrogens (primary N) is 1. The number of carbonyl (C=O) groups is 1. The number of likely N-dealkylation sites (N-methyl/N-ethyl adjacent to an activating group) is 1. The summed E-state index contributed by atoms with van der Waals surface area (Å²) in [5.74, 6) is -0.0861. The van der Waals surface area contributed by atoms with Crippen LogP contribution in [0.1, 0.15) is 26.2 Å². The Morgan fingerprint density at radius 1 is 1.44 bits per heavy atom. The van der Waals surface area contributed by atoms with E-state index in [1.807, 2.05) is 0 Å². The average molecular weight is 275 g/mol. The van der Waals surface area contributed by atoms with Crippen LogP contribution >= 0.6 is 0 Å². The zero-order chi connectivity index (χ0) is 13.3. The number of amides is 1. The Labute approximate surface area is 108 Å². The molecule has 1 amide bonds. The monoisotopic (exact) mass is 275 g/mol. The lowest BCUT2D eigenvalue weighted by molar-refractivity contribution is -0.128. The van der Waals surface area contributed by atoms with Gasteiger partial charge in [-0.3, -0.25) is 9.69 Å². The van der Waals surface area contributed by atoms with Crippen molar-refractivity contribution in [1.82, 2.24) is 9.80 Å². The predicted molar refractivity (Wildman–Crippen MR) is 68.4 cm³/mol. The van der Waals surface area contributed by atoms with Crippen LogP contribution in [0.15, 0.2) is 0 Å². The summed E-state index contributed by atoms with van der Waals surface area (Å²) in [6.45, 7) is 5.05. The van der Waals surface area contributed by atoms with Crippen molar-refractivity contribution in [3.05, 3.63) is 0 Å². The lowest BCUT2D eigenvalue weighted by atomic mass is 10.2. The van der Waals surface area contributed by atoms with Gasteiger partial charge < -0.3 is 4.90 Å². The van der Waals surface area contributed by atoms with Gasteiger partial charge in [-0.25, -0.2) is 13.6 Å². The molecule has 2 N–H and O–H groups in total. The zero-order valence-corrected chi connectivity index (χ0v) is 11.5. The number of primary sulfonamides is 1. The fraction of sp³-hybridized carbons (Fsp3) is 0.909. The molecule has 2 saturated heterocycles. The highest BCUT2D eigenvalue weighted by Gasteiger charge is 2.38.